The third-order valence-corrected chi connectivity index (χ3v) is 6.57. The summed E-state index contributed by atoms with van der Waals surface area (Å²) in [6.07, 6.45) is 0. The van der Waals surface area contributed by atoms with Crippen LogP contribution >= 0.6 is 34.8 Å². The Morgan fingerprint density at radius 1 is 0.886 bits per heavy atom. The molecule has 1 aliphatic rings. The Balaban J connectivity index is 2.00. The molecule has 1 aliphatic heterocycles. The average molecular weight is 537 g/mol. The predicted octanol–water partition coefficient (Wildman–Crippen LogP) is 6.43. The highest BCUT2D eigenvalue weighted by molar-refractivity contribution is 6.52. The van der Waals surface area contributed by atoms with Gasteiger partial charge in [0.15, 0.2) is 0 Å². The monoisotopic (exact) mass is 535 g/mol. The minimum absolute atomic E-state index is 0.0699. The van der Waals surface area contributed by atoms with Crippen molar-refractivity contribution < 1.29 is 28.6 Å². The molecule has 10 heteroatoms. The molecule has 0 aliphatic carbocycles. The third kappa shape index (κ3) is 4.43. The van der Waals surface area contributed by atoms with Crippen molar-refractivity contribution in [2.45, 2.75) is 6.04 Å². The number of aliphatic hydroxyl groups is 1. The highest BCUT2D eigenvalue weighted by Crippen LogP contribution is 2.45. The maximum absolute atomic E-state index is 13.6. The second kappa shape index (κ2) is 9.77. The number of hydrogen-bond donors (Lipinski definition) is 1. The standard InChI is InChI=1S/C25H17Cl3FNO5/c1-34-19-11-20(35-2)18(28)10-15(19)23(31)21-22(12-3-8-16(26)17(27)9-12)30(25(33)24(21)32)14-6-4-13(29)5-7-14/h3-11,22,31H,1-2H3/b23-21+. The first-order valence-electron chi connectivity index (χ1n) is 10.1. The summed E-state index contributed by atoms with van der Waals surface area (Å²) < 4.78 is 24.1. The number of methoxy groups -OCH3 is 2. The molecule has 0 bridgehead atoms. The molecule has 1 heterocycles. The maximum atomic E-state index is 13.6. The lowest BCUT2D eigenvalue weighted by atomic mass is 9.94. The molecule has 4 rings (SSSR count). The van der Waals surface area contributed by atoms with E-state index < -0.39 is 29.3 Å². The maximum Gasteiger partial charge on any atom is 0.300 e. The predicted molar refractivity (Wildman–Crippen MR) is 132 cm³/mol. The molecule has 1 unspecified atom stereocenters. The van der Waals surface area contributed by atoms with Crippen LogP contribution in [0.1, 0.15) is 17.2 Å². The average Bonchev–Trinajstić information content (AvgIpc) is 3.11. The Morgan fingerprint density at radius 3 is 2.14 bits per heavy atom. The number of rotatable bonds is 5. The number of benzene rings is 3. The number of ketones is 1. The summed E-state index contributed by atoms with van der Waals surface area (Å²) in [5, 5.41) is 11.9. The molecule has 1 amide bonds. The molecule has 1 fully saturated rings. The van der Waals surface area contributed by atoms with Crippen molar-refractivity contribution in [2.24, 2.45) is 0 Å². The Hall–Kier alpha value is -3.26. The summed E-state index contributed by atoms with van der Waals surface area (Å²) >= 11 is 18.6. The zero-order valence-corrected chi connectivity index (χ0v) is 20.6. The van der Waals surface area contributed by atoms with Crippen LogP contribution in [0.5, 0.6) is 11.5 Å². The van der Waals surface area contributed by atoms with Crippen molar-refractivity contribution in [2.75, 3.05) is 19.1 Å². The molecule has 1 saturated heterocycles. The number of carbonyl (C=O) groups excluding carboxylic acids is 2. The van der Waals surface area contributed by atoms with Gasteiger partial charge in [0.05, 0.1) is 46.5 Å². The van der Waals surface area contributed by atoms with Crippen LogP contribution in [0.25, 0.3) is 5.76 Å². The van der Waals surface area contributed by atoms with E-state index in [2.05, 4.69) is 0 Å². The Morgan fingerprint density at radius 2 is 1.54 bits per heavy atom. The number of aliphatic hydroxyl groups excluding tert-OH is 1. The first kappa shape index (κ1) is 24.9. The summed E-state index contributed by atoms with van der Waals surface area (Å²) in [6, 6.07) is 11.3. The van der Waals surface area contributed by atoms with Crippen molar-refractivity contribution in [3.63, 3.8) is 0 Å². The molecule has 1 atom stereocenters. The van der Waals surface area contributed by atoms with Gasteiger partial charge in [0.25, 0.3) is 11.7 Å². The van der Waals surface area contributed by atoms with E-state index in [-0.39, 0.29) is 43.4 Å². The Kier molecular flexibility index (Phi) is 6.94. The van der Waals surface area contributed by atoms with Crippen molar-refractivity contribution >= 4 is 57.9 Å². The quantitative estimate of drug-likeness (QED) is 0.231. The number of hydrogen-bond acceptors (Lipinski definition) is 5. The normalized spacial score (nSPS) is 17.1. The van der Waals surface area contributed by atoms with Gasteiger partial charge in [-0.25, -0.2) is 4.39 Å². The van der Waals surface area contributed by atoms with E-state index in [1.165, 1.54) is 50.6 Å². The molecule has 1 N–H and O–H groups in total. The highest BCUT2D eigenvalue weighted by atomic mass is 35.5. The SMILES string of the molecule is COc1cc(OC)c(/C(O)=C2\C(=O)C(=O)N(c3ccc(F)cc3)C2c2ccc(Cl)c(Cl)c2)cc1Cl. The van der Waals surface area contributed by atoms with Gasteiger partial charge in [0.2, 0.25) is 0 Å². The van der Waals surface area contributed by atoms with Crippen LogP contribution in [0, 0.1) is 5.82 Å². The first-order chi connectivity index (χ1) is 16.7. The van der Waals surface area contributed by atoms with Crippen molar-refractivity contribution in [3.8, 4) is 11.5 Å². The fourth-order valence-electron chi connectivity index (χ4n) is 3.89. The lowest BCUT2D eigenvalue weighted by Gasteiger charge is -2.26. The zero-order chi connectivity index (χ0) is 25.4. The van der Waals surface area contributed by atoms with Crippen LogP contribution in [0.2, 0.25) is 15.1 Å². The number of nitrogens with zero attached hydrogens (tertiary/aromatic N) is 1. The van der Waals surface area contributed by atoms with E-state index in [0.717, 1.165) is 17.0 Å². The van der Waals surface area contributed by atoms with Crippen LogP contribution in [0.3, 0.4) is 0 Å². The first-order valence-corrected chi connectivity index (χ1v) is 11.2. The van der Waals surface area contributed by atoms with Crippen LogP contribution in [-0.2, 0) is 9.59 Å². The van der Waals surface area contributed by atoms with Gasteiger partial charge in [-0.1, -0.05) is 40.9 Å². The Bertz CT molecular complexity index is 1370. The lowest BCUT2D eigenvalue weighted by molar-refractivity contribution is -0.132. The van der Waals surface area contributed by atoms with E-state index in [9.17, 15) is 19.1 Å². The molecule has 6 nitrogen and oxygen atoms in total. The molecule has 3 aromatic rings. The molecule has 0 radical (unpaired) electrons. The van der Waals surface area contributed by atoms with Gasteiger partial charge in [-0.15, -0.1) is 0 Å². The minimum Gasteiger partial charge on any atom is -0.507 e. The molecule has 0 spiro atoms. The number of ether oxygens (including phenoxy) is 2. The highest BCUT2D eigenvalue weighted by Gasteiger charge is 2.47. The van der Waals surface area contributed by atoms with Crippen LogP contribution in [0.4, 0.5) is 10.1 Å². The molecular weight excluding hydrogens is 520 g/mol. The van der Waals surface area contributed by atoms with Gasteiger partial charge in [-0.2, -0.15) is 0 Å². The minimum atomic E-state index is -1.11. The molecule has 35 heavy (non-hydrogen) atoms. The smallest absolute Gasteiger partial charge is 0.300 e. The summed E-state index contributed by atoms with van der Waals surface area (Å²) in [4.78, 5) is 27.6. The second-order valence-electron chi connectivity index (χ2n) is 7.51. The fourth-order valence-corrected chi connectivity index (χ4v) is 4.44. The van der Waals surface area contributed by atoms with E-state index in [4.69, 9.17) is 44.3 Å². The second-order valence-corrected chi connectivity index (χ2v) is 8.73. The lowest BCUT2D eigenvalue weighted by Crippen LogP contribution is -2.29. The summed E-state index contributed by atoms with van der Waals surface area (Å²) in [5.74, 6) is -2.48. The molecule has 0 saturated carbocycles. The number of Topliss-reactive ketones (excluding diaryl/α,β-unsaturated/α-hetero) is 1. The van der Waals surface area contributed by atoms with Gasteiger partial charge >= 0.3 is 0 Å². The van der Waals surface area contributed by atoms with Gasteiger partial charge in [0.1, 0.15) is 23.1 Å². The van der Waals surface area contributed by atoms with Crippen molar-refractivity contribution in [3.05, 3.63) is 92.2 Å². The molecular formula is C25H17Cl3FNO5. The largest absolute Gasteiger partial charge is 0.507 e. The number of amides is 1. The summed E-state index contributed by atoms with van der Waals surface area (Å²) in [7, 11) is 2.78. The van der Waals surface area contributed by atoms with Gasteiger partial charge in [0, 0.05) is 11.8 Å². The van der Waals surface area contributed by atoms with Crippen molar-refractivity contribution in [1.82, 2.24) is 0 Å². The van der Waals surface area contributed by atoms with E-state index >= 15 is 0 Å². The fraction of sp³-hybridized carbons (Fsp3) is 0.120. The van der Waals surface area contributed by atoms with Crippen LogP contribution in [0.15, 0.2) is 60.2 Å². The van der Waals surface area contributed by atoms with Crippen molar-refractivity contribution in [1.29, 1.82) is 0 Å². The number of carbonyl (C=O) groups is 2. The number of halogens is 4. The molecule has 0 aromatic heterocycles. The molecule has 180 valence electrons. The summed E-state index contributed by atoms with van der Waals surface area (Å²) in [5.41, 5.74) is 0.462. The van der Waals surface area contributed by atoms with Crippen LogP contribution in [-0.4, -0.2) is 31.0 Å². The topological polar surface area (TPSA) is 76.1 Å². The Labute approximate surface area is 215 Å². The van der Waals surface area contributed by atoms with Crippen LogP contribution < -0.4 is 14.4 Å². The number of anilines is 1. The summed E-state index contributed by atoms with van der Waals surface area (Å²) in [6.45, 7) is 0. The van der Waals surface area contributed by atoms with E-state index in [1.807, 2.05) is 0 Å². The zero-order valence-electron chi connectivity index (χ0n) is 18.3. The third-order valence-electron chi connectivity index (χ3n) is 5.54. The van der Waals surface area contributed by atoms with E-state index in [0.29, 0.717) is 5.56 Å². The van der Waals surface area contributed by atoms with Gasteiger partial charge in [-0.3, -0.25) is 14.5 Å². The van der Waals surface area contributed by atoms with E-state index in [1.54, 1.807) is 6.07 Å². The van der Waals surface area contributed by atoms with Gasteiger partial charge < -0.3 is 14.6 Å². The van der Waals surface area contributed by atoms with Gasteiger partial charge in [-0.05, 0) is 48.0 Å². The molecule has 3 aromatic carbocycles.